The Bertz CT molecular complexity index is 321. The summed E-state index contributed by atoms with van der Waals surface area (Å²) in [6, 6.07) is 0.446. The topological polar surface area (TPSA) is 47.3 Å². The van der Waals surface area contributed by atoms with Crippen molar-refractivity contribution in [2.24, 2.45) is 5.92 Å². The minimum absolute atomic E-state index is 0.446. The lowest BCUT2D eigenvalue weighted by Gasteiger charge is -2.15. The van der Waals surface area contributed by atoms with Gasteiger partial charge in [-0.3, -0.25) is 0 Å². The summed E-state index contributed by atoms with van der Waals surface area (Å²) in [5, 5.41) is 3.46. The van der Waals surface area contributed by atoms with Crippen LogP contribution in [-0.2, 0) is 17.7 Å². The molecule has 1 aliphatic carbocycles. The molecule has 0 saturated heterocycles. The summed E-state index contributed by atoms with van der Waals surface area (Å²) in [5.41, 5.74) is 0. The van der Waals surface area contributed by atoms with Gasteiger partial charge in [-0.25, -0.2) is 4.98 Å². The molecule has 0 amide bonds. The van der Waals surface area contributed by atoms with Crippen molar-refractivity contribution in [3.8, 4) is 0 Å². The minimum atomic E-state index is 0.446. The average molecular weight is 224 g/mol. The fourth-order valence-electron chi connectivity index (χ4n) is 1.85. The maximum absolute atomic E-state index is 5.55. The van der Waals surface area contributed by atoms with Gasteiger partial charge in [-0.05, 0) is 18.8 Å². The first kappa shape index (κ1) is 11.6. The first-order chi connectivity index (χ1) is 7.83. The van der Waals surface area contributed by atoms with Crippen LogP contribution < -0.4 is 5.32 Å². The van der Waals surface area contributed by atoms with Crippen LogP contribution in [0.15, 0.2) is 10.6 Å². The smallest absolute Gasteiger partial charge is 0.208 e. The van der Waals surface area contributed by atoms with Crippen molar-refractivity contribution in [1.29, 1.82) is 0 Å². The Kier molecular flexibility index (Phi) is 3.96. The Morgan fingerprint density at radius 1 is 1.62 bits per heavy atom. The first-order valence-corrected chi connectivity index (χ1v) is 5.99. The molecule has 0 aromatic carbocycles. The number of hydrogen-bond acceptors (Lipinski definition) is 4. The minimum Gasteiger partial charge on any atom is -0.444 e. The van der Waals surface area contributed by atoms with Crippen LogP contribution in [0.25, 0.3) is 0 Å². The van der Waals surface area contributed by atoms with Crippen molar-refractivity contribution in [2.75, 3.05) is 13.7 Å². The van der Waals surface area contributed by atoms with Gasteiger partial charge in [0.15, 0.2) is 0 Å². The molecule has 1 atom stereocenters. The number of nitrogens with one attached hydrogen (secondary N) is 1. The molecule has 0 bridgehead atoms. The Balaban J connectivity index is 1.80. The molecule has 0 aliphatic heterocycles. The second-order valence-electron chi connectivity index (χ2n) is 4.35. The standard InChI is InChI=1S/C12H20N2O2/c1-3-10-6-14-12(16-10)7-13-11(8-15-2)9-4-5-9/h6,9,11,13H,3-5,7-8H2,1-2H3. The van der Waals surface area contributed by atoms with Crippen molar-refractivity contribution >= 4 is 0 Å². The number of aromatic nitrogens is 1. The van der Waals surface area contributed by atoms with Gasteiger partial charge in [0.05, 0.1) is 19.3 Å². The molecule has 90 valence electrons. The van der Waals surface area contributed by atoms with Crippen molar-refractivity contribution in [1.82, 2.24) is 10.3 Å². The summed E-state index contributed by atoms with van der Waals surface area (Å²) in [6.45, 7) is 3.53. The fourth-order valence-corrected chi connectivity index (χ4v) is 1.85. The Morgan fingerprint density at radius 3 is 3.00 bits per heavy atom. The lowest BCUT2D eigenvalue weighted by atomic mass is 10.2. The quantitative estimate of drug-likeness (QED) is 0.766. The predicted molar refractivity (Wildman–Crippen MR) is 61.1 cm³/mol. The summed E-state index contributed by atoms with van der Waals surface area (Å²) in [4.78, 5) is 4.23. The van der Waals surface area contributed by atoms with Crippen molar-refractivity contribution in [3.05, 3.63) is 17.8 Å². The van der Waals surface area contributed by atoms with Crippen molar-refractivity contribution < 1.29 is 9.15 Å². The summed E-state index contributed by atoms with van der Waals surface area (Å²) < 4.78 is 10.8. The van der Waals surface area contributed by atoms with Crippen LogP contribution in [0.2, 0.25) is 0 Å². The molecule has 4 nitrogen and oxygen atoms in total. The molecule has 1 aromatic heterocycles. The van der Waals surface area contributed by atoms with E-state index in [4.69, 9.17) is 9.15 Å². The van der Waals surface area contributed by atoms with Crippen LogP contribution in [0.3, 0.4) is 0 Å². The molecule has 1 fully saturated rings. The highest BCUT2D eigenvalue weighted by atomic mass is 16.5. The van der Waals surface area contributed by atoms with Crippen LogP contribution in [0.4, 0.5) is 0 Å². The highest BCUT2D eigenvalue weighted by molar-refractivity contribution is 4.94. The highest BCUT2D eigenvalue weighted by Crippen LogP contribution is 2.32. The van der Waals surface area contributed by atoms with Gasteiger partial charge in [-0.15, -0.1) is 0 Å². The molecule has 0 spiro atoms. The van der Waals surface area contributed by atoms with Crippen LogP contribution in [0.5, 0.6) is 0 Å². The Morgan fingerprint density at radius 2 is 2.44 bits per heavy atom. The number of nitrogens with zero attached hydrogens (tertiary/aromatic N) is 1. The van der Waals surface area contributed by atoms with E-state index in [1.54, 1.807) is 13.3 Å². The van der Waals surface area contributed by atoms with E-state index < -0.39 is 0 Å². The van der Waals surface area contributed by atoms with Crippen LogP contribution >= 0.6 is 0 Å². The molecule has 2 rings (SSSR count). The zero-order valence-electron chi connectivity index (χ0n) is 10.0. The number of rotatable bonds is 7. The van der Waals surface area contributed by atoms with E-state index in [2.05, 4.69) is 17.2 Å². The molecule has 0 radical (unpaired) electrons. The monoisotopic (exact) mass is 224 g/mol. The van der Waals surface area contributed by atoms with Gasteiger partial charge in [0.2, 0.25) is 5.89 Å². The largest absolute Gasteiger partial charge is 0.444 e. The Hall–Kier alpha value is -0.870. The normalized spacial score (nSPS) is 17.6. The molecule has 1 unspecified atom stereocenters. The zero-order valence-corrected chi connectivity index (χ0v) is 10.0. The molecular weight excluding hydrogens is 204 g/mol. The third kappa shape index (κ3) is 3.06. The van der Waals surface area contributed by atoms with Gasteiger partial charge in [-0.2, -0.15) is 0 Å². The number of aryl methyl sites for hydroxylation is 1. The average Bonchev–Trinajstić information content (AvgIpc) is 3.03. The SMILES string of the molecule is CCc1cnc(CNC(COC)C2CC2)o1. The number of methoxy groups -OCH3 is 1. The third-order valence-electron chi connectivity index (χ3n) is 3.00. The summed E-state index contributed by atoms with van der Waals surface area (Å²) in [6.07, 6.45) is 5.33. The summed E-state index contributed by atoms with van der Waals surface area (Å²) in [7, 11) is 1.75. The zero-order chi connectivity index (χ0) is 11.4. The molecule has 16 heavy (non-hydrogen) atoms. The number of hydrogen-bond donors (Lipinski definition) is 1. The molecule has 1 saturated carbocycles. The molecule has 1 N–H and O–H groups in total. The molecule has 1 aliphatic rings. The highest BCUT2D eigenvalue weighted by Gasteiger charge is 2.30. The fraction of sp³-hybridized carbons (Fsp3) is 0.750. The Labute approximate surface area is 96.4 Å². The first-order valence-electron chi connectivity index (χ1n) is 5.99. The summed E-state index contributed by atoms with van der Waals surface area (Å²) in [5.74, 6) is 2.51. The lowest BCUT2D eigenvalue weighted by molar-refractivity contribution is 0.155. The maximum atomic E-state index is 5.55. The molecule has 1 heterocycles. The van der Waals surface area contributed by atoms with E-state index in [0.717, 1.165) is 30.6 Å². The van der Waals surface area contributed by atoms with E-state index in [9.17, 15) is 0 Å². The van der Waals surface area contributed by atoms with Crippen LogP contribution in [0.1, 0.15) is 31.4 Å². The second-order valence-corrected chi connectivity index (χ2v) is 4.35. The number of ether oxygens (including phenoxy) is 1. The van der Waals surface area contributed by atoms with Gasteiger partial charge >= 0.3 is 0 Å². The number of oxazole rings is 1. The second kappa shape index (κ2) is 5.46. The van der Waals surface area contributed by atoms with E-state index in [1.807, 2.05) is 0 Å². The van der Waals surface area contributed by atoms with E-state index in [-0.39, 0.29) is 0 Å². The van der Waals surface area contributed by atoms with Gasteiger partial charge in [-0.1, -0.05) is 6.92 Å². The molecule has 1 aromatic rings. The van der Waals surface area contributed by atoms with Gasteiger partial charge in [0.1, 0.15) is 5.76 Å². The van der Waals surface area contributed by atoms with Gasteiger partial charge in [0.25, 0.3) is 0 Å². The van der Waals surface area contributed by atoms with Gasteiger partial charge in [0, 0.05) is 19.6 Å². The lowest BCUT2D eigenvalue weighted by Crippen LogP contribution is -2.34. The molecular formula is C12H20N2O2. The summed E-state index contributed by atoms with van der Waals surface area (Å²) >= 11 is 0. The maximum Gasteiger partial charge on any atom is 0.208 e. The predicted octanol–water partition coefficient (Wildman–Crippen LogP) is 1.75. The van der Waals surface area contributed by atoms with Crippen LogP contribution in [0, 0.1) is 5.92 Å². The van der Waals surface area contributed by atoms with E-state index in [1.165, 1.54) is 12.8 Å². The van der Waals surface area contributed by atoms with Gasteiger partial charge < -0.3 is 14.5 Å². The van der Waals surface area contributed by atoms with Crippen molar-refractivity contribution in [3.63, 3.8) is 0 Å². The van der Waals surface area contributed by atoms with E-state index in [0.29, 0.717) is 12.6 Å². The van der Waals surface area contributed by atoms with Crippen molar-refractivity contribution in [2.45, 2.75) is 38.8 Å². The van der Waals surface area contributed by atoms with Crippen LogP contribution in [-0.4, -0.2) is 24.7 Å². The molecule has 4 heteroatoms. The van der Waals surface area contributed by atoms with E-state index >= 15 is 0 Å². The third-order valence-corrected chi connectivity index (χ3v) is 3.00.